The molecule has 0 N–H and O–H groups in total. The molecule has 150 valence electrons. The quantitative estimate of drug-likeness (QED) is 0.639. The van der Waals surface area contributed by atoms with E-state index in [4.69, 9.17) is 4.74 Å². The number of nitrogens with zero attached hydrogens (tertiary/aromatic N) is 4. The van der Waals surface area contributed by atoms with E-state index in [-0.39, 0.29) is 5.91 Å². The first-order valence-corrected chi connectivity index (χ1v) is 11.2. The Morgan fingerprint density at radius 2 is 1.50 bits per heavy atom. The molecule has 9 heteroatoms. The molecule has 3 saturated heterocycles. The number of hydrogen-bond donors (Lipinski definition) is 0. The van der Waals surface area contributed by atoms with E-state index in [1.54, 1.807) is 0 Å². The van der Waals surface area contributed by atoms with Gasteiger partial charge in [-0.25, -0.2) is 0 Å². The van der Waals surface area contributed by atoms with Crippen molar-refractivity contribution in [3.63, 3.8) is 0 Å². The van der Waals surface area contributed by atoms with Crippen LogP contribution in [0.15, 0.2) is 0 Å². The second kappa shape index (κ2) is 8.97. The van der Waals surface area contributed by atoms with Gasteiger partial charge in [-0.3, -0.25) is 4.79 Å². The fraction of sp³-hybridized carbons (Fsp3) is 0.941. The second-order valence-electron chi connectivity index (χ2n) is 7.43. The Bertz CT molecular complexity index is 565. The lowest BCUT2D eigenvalue weighted by Crippen LogP contribution is -2.55. The van der Waals surface area contributed by atoms with Gasteiger partial charge in [-0.1, -0.05) is 0 Å². The minimum absolute atomic E-state index is 0.152. The SMILES string of the molecule is C[C@@H](CCC(=O)N1CCN(S(=O)(=O)N2CCOCC2)CC1)N1CCCC1. The fourth-order valence-electron chi connectivity index (χ4n) is 3.96. The van der Waals surface area contributed by atoms with Crippen LogP contribution in [0.1, 0.15) is 32.6 Å². The van der Waals surface area contributed by atoms with Gasteiger partial charge in [0.2, 0.25) is 5.91 Å². The van der Waals surface area contributed by atoms with Gasteiger partial charge in [-0.05, 0) is 39.3 Å². The van der Waals surface area contributed by atoms with Crippen molar-refractivity contribution in [1.82, 2.24) is 18.4 Å². The summed E-state index contributed by atoms with van der Waals surface area (Å²) in [6.45, 7) is 7.96. The summed E-state index contributed by atoms with van der Waals surface area (Å²) < 4.78 is 33.6. The van der Waals surface area contributed by atoms with E-state index in [0.29, 0.717) is 64.9 Å². The lowest BCUT2D eigenvalue weighted by atomic mass is 10.1. The van der Waals surface area contributed by atoms with E-state index in [1.165, 1.54) is 21.5 Å². The van der Waals surface area contributed by atoms with Gasteiger partial charge >= 0.3 is 0 Å². The van der Waals surface area contributed by atoms with Gasteiger partial charge in [0.15, 0.2) is 0 Å². The van der Waals surface area contributed by atoms with Crippen LogP contribution < -0.4 is 0 Å². The van der Waals surface area contributed by atoms with Gasteiger partial charge in [0, 0.05) is 51.7 Å². The number of piperazine rings is 1. The van der Waals surface area contributed by atoms with Crippen LogP contribution in [0.25, 0.3) is 0 Å². The van der Waals surface area contributed by atoms with Gasteiger partial charge in [0.1, 0.15) is 0 Å². The van der Waals surface area contributed by atoms with E-state index in [0.717, 1.165) is 19.5 Å². The highest BCUT2D eigenvalue weighted by Crippen LogP contribution is 2.17. The minimum atomic E-state index is -3.43. The molecular weight excluding hydrogens is 356 g/mol. The smallest absolute Gasteiger partial charge is 0.282 e. The number of amides is 1. The number of ether oxygens (including phenoxy) is 1. The van der Waals surface area contributed by atoms with Gasteiger partial charge in [-0.15, -0.1) is 0 Å². The lowest BCUT2D eigenvalue weighted by molar-refractivity contribution is -0.132. The molecule has 3 fully saturated rings. The van der Waals surface area contributed by atoms with Crippen molar-refractivity contribution >= 4 is 16.1 Å². The standard InChI is InChI=1S/C17H32N4O4S/c1-16(18-6-2-3-7-18)4-5-17(22)19-8-10-20(11-9-19)26(23,24)21-12-14-25-15-13-21/h16H,2-15H2,1H3/t16-/m0/s1. The summed E-state index contributed by atoms with van der Waals surface area (Å²) in [5.74, 6) is 0.152. The summed E-state index contributed by atoms with van der Waals surface area (Å²) in [5.41, 5.74) is 0. The molecule has 3 rings (SSSR count). The zero-order valence-corrected chi connectivity index (χ0v) is 16.6. The normalized spacial score (nSPS) is 25.5. The van der Waals surface area contributed by atoms with Crippen LogP contribution in [-0.4, -0.2) is 104 Å². The number of likely N-dealkylation sites (tertiary alicyclic amines) is 1. The maximum Gasteiger partial charge on any atom is 0.282 e. The van der Waals surface area contributed by atoms with Crippen molar-refractivity contribution in [2.75, 3.05) is 65.6 Å². The zero-order chi connectivity index (χ0) is 18.6. The highest BCUT2D eigenvalue weighted by Gasteiger charge is 2.34. The van der Waals surface area contributed by atoms with Crippen LogP contribution in [0.4, 0.5) is 0 Å². The average molecular weight is 389 g/mol. The van der Waals surface area contributed by atoms with E-state index in [1.807, 2.05) is 4.90 Å². The number of morpholine rings is 1. The van der Waals surface area contributed by atoms with Gasteiger partial charge in [0.05, 0.1) is 13.2 Å². The molecule has 0 aromatic rings. The third-order valence-electron chi connectivity index (χ3n) is 5.75. The van der Waals surface area contributed by atoms with Crippen molar-refractivity contribution in [3.05, 3.63) is 0 Å². The number of carbonyl (C=O) groups excluding carboxylic acids is 1. The highest BCUT2D eigenvalue weighted by molar-refractivity contribution is 7.86. The van der Waals surface area contributed by atoms with Gasteiger partial charge in [-0.2, -0.15) is 17.0 Å². The molecule has 0 saturated carbocycles. The minimum Gasteiger partial charge on any atom is -0.379 e. The van der Waals surface area contributed by atoms with Crippen LogP contribution in [-0.2, 0) is 19.7 Å². The molecule has 3 aliphatic rings. The summed E-state index contributed by atoms with van der Waals surface area (Å²) in [6.07, 6.45) is 3.95. The highest BCUT2D eigenvalue weighted by atomic mass is 32.2. The maximum atomic E-state index is 12.7. The van der Waals surface area contributed by atoms with Crippen LogP contribution in [0.3, 0.4) is 0 Å². The molecule has 0 spiro atoms. The van der Waals surface area contributed by atoms with Gasteiger partial charge < -0.3 is 14.5 Å². The summed E-state index contributed by atoms with van der Waals surface area (Å²) in [7, 11) is -3.43. The Morgan fingerprint density at radius 1 is 0.923 bits per heavy atom. The predicted molar refractivity (Wildman–Crippen MR) is 99.0 cm³/mol. The average Bonchev–Trinajstić information content (AvgIpc) is 3.21. The third kappa shape index (κ3) is 4.75. The van der Waals surface area contributed by atoms with Crippen molar-refractivity contribution in [3.8, 4) is 0 Å². The van der Waals surface area contributed by atoms with Crippen LogP contribution in [0, 0.1) is 0 Å². The Morgan fingerprint density at radius 3 is 2.12 bits per heavy atom. The molecule has 8 nitrogen and oxygen atoms in total. The van der Waals surface area contributed by atoms with Crippen LogP contribution in [0.2, 0.25) is 0 Å². The molecule has 0 unspecified atom stereocenters. The Balaban J connectivity index is 1.43. The van der Waals surface area contributed by atoms with E-state index in [2.05, 4.69) is 11.8 Å². The monoisotopic (exact) mass is 388 g/mol. The Kier molecular flexibility index (Phi) is 6.90. The molecule has 0 aromatic carbocycles. The summed E-state index contributed by atoms with van der Waals surface area (Å²) >= 11 is 0. The molecular formula is C17H32N4O4S. The van der Waals surface area contributed by atoms with Crippen LogP contribution in [0.5, 0.6) is 0 Å². The maximum absolute atomic E-state index is 12.7. The van der Waals surface area contributed by atoms with Crippen LogP contribution >= 0.6 is 0 Å². The van der Waals surface area contributed by atoms with Crippen molar-refractivity contribution in [2.24, 2.45) is 0 Å². The molecule has 1 atom stereocenters. The first kappa shape index (κ1) is 20.0. The molecule has 3 aliphatic heterocycles. The number of rotatable bonds is 6. The van der Waals surface area contributed by atoms with Crippen molar-refractivity contribution in [2.45, 2.75) is 38.6 Å². The van der Waals surface area contributed by atoms with Crippen molar-refractivity contribution in [1.29, 1.82) is 0 Å². The molecule has 0 aromatic heterocycles. The number of hydrogen-bond acceptors (Lipinski definition) is 5. The fourth-order valence-corrected chi connectivity index (χ4v) is 5.53. The topological polar surface area (TPSA) is 73.4 Å². The summed E-state index contributed by atoms with van der Waals surface area (Å²) in [4.78, 5) is 16.8. The first-order valence-electron chi connectivity index (χ1n) is 9.83. The largest absolute Gasteiger partial charge is 0.379 e. The molecule has 3 heterocycles. The Hall–Kier alpha value is -0.740. The Labute approximate surface area is 157 Å². The predicted octanol–water partition coefficient (Wildman–Crippen LogP) is -0.0279. The summed E-state index contributed by atoms with van der Waals surface area (Å²) in [5, 5.41) is 0. The van der Waals surface area contributed by atoms with E-state index in [9.17, 15) is 13.2 Å². The number of carbonyl (C=O) groups is 1. The van der Waals surface area contributed by atoms with Gasteiger partial charge in [0.25, 0.3) is 10.2 Å². The molecule has 26 heavy (non-hydrogen) atoms. The third-order valence-corrected chi connectivity index (χ3v) is 7.79. The lowest BCUT2D eigenvalue weighted by Gasteiger charge is -2.37. The zero-order valence-electron chi connectivity index (χ0n) is 15.8. The first-order chi connectivity index (χ1) is 12.5. The van der Waals surface area contributed by atoms with Crippen molar-refractivity contribution < 1.29 is 17.9 Å². The molecule has 0 radical (unpaired) electrons. The summed E-state index contributed by atoms with van der Waals surface area (Å²) in [6, 6.07) is 0.449. The van der Waals surface area contributed by atoms with E-state index < -0.39 is 10.2 Å². The molecule has 1 amide bonds. The van der Waals surface area contributed by atoms with E-state index >= 15 is 0 Å². The molecule has 0 aliphatic carbocycles. The molecule has 0 bridgehead atoms. The second-order valence-corrected chi connectivity index (χ2v) is 9.36.